The number of benzene rings is 2. The van der Waals surface area contributed by atoms with Crippen molar-refractivity contribution < 1.29 is 13.9 Å². The predicted octanol–water partition coefficient (Wildman–Crippen LogP) is 6.84. The van der Waals surface area contributed by atoms with Crippen LogP contribution < -0.4 is 20.3 Å². The van der Waals surface area contributed by atoms with Gasteiger partial charge in [0.05, 0.1) is 29.6 Å². The fraction of sp³-hybridized carbons (Fsp3) is 0.233. The molecule has 0 radical (unpaired) electrons. The van der Waals surface area contributed by atoms with Crippen molar-refractivity contribution in [2.75, 3.05) is 17.3 Å². The lowest BCUT2D eigenvalue weighted by Crippen LogP contribution is -2.30. The van der Waals surface area contributed by atoms with E-state index in [4.69, 9.17) is 28.6 Å². The fourth-order valence-corrected chi connectivity index (χ4v) is 5.20. The Morgan fingerprint density at radius 1 is 1.10 bits per heavy atom. The number of nitrogens with one attached hydrogen (secondary N) is 2. The Morgan fingerprint density at radius 2 is 1.88 bits per heavy atom. The minimum Gasteiger partial charge on any atom is -0.494 e. The van der Waals surface area contributed by atoms with Gasteiger partial charge in [-0.1, -0.05) is 38.4 Å². The summed E-state index contributed by atoms with van der Waals surface area (Å²) in [4.78, 5) is 19.3. The molecular formula is C30H29ClFN5O2S. The van der Waals surface area contributed by atoms with E-state index in [1.54, 1.807) is 25.4 Å². The van der Waals surface area contributed by atoms with Crippen molar-refractivity contribution in [1.29, 1.82) is 0 Å². The van der Waals surface area contributed by atoms with Gasteiger partial charge >= 0.3 is 0 Å². The summed E-state index contributed by atoms with van der Waals surface area (Å²) < 4.78 is 21.6. The third kappa shape index (κ3) is 5.26. The Balaban J connectivity index is 1.61. The largest absolute Gasteiger partial charge is 0.494 e. The highest BCUT2D eigenvalue weighted by molar-refractivity contribution is 7.80. The molecule has 1 aliphatic rings. The second-order valence-electron chi connectivity index (χ2n) is 10.5. The van der Waals surface area contributed by atoms with Crippen LogP contribution in [0.5, 0.6) is 5.75 Å². The zero-order chi connectivity index (χ0) is 28.6. The Kier molecular flexibility index (Phi) is 7.53. The number of carbonyl (C=O) groups excluding carboxylic acids is 1. The molecule has 0 saturated carbocycles. The van der Waals surface area contributed by atoms with Crippen LogP contribution in [-0.2, 0) is 4.79 Å². The number of nitrogens with zero attached hydrogens (tertiary/aromatic N) is 3. The Morgan fingerprint density at radius 3 is 2.55 bits per heavy atom. The van der Waals surface area contributed by atoms with E-state index in [2.05, 4.69) is 15.6 Å². The quantitative estimate of drug-likeness (QED) is 0.245. The Hall–Kier alpha value is -3.95. The molecule has 1 saturated heterocycles. The maximum atomic E-state index is 14.0. The molecule has 1 fully saturated rings. The summed E-state index contributed by atoms with van der Waals surface area (Å²) in [5.74, 6) is -0.110. The van der Waals surface area contributed by atoms with Crippen LogP contribution in [-0.4, -0.2) is 27.7 Å². The lowest BCUT2D eigenvalue weighted by Gasteiger charge is -2.29. The van der Waals surface area contributed by atoms with Crippen molar-refractivity contribution in [2.24, 2.45) is 5.41 Å². The lowest BCUT2D eigenvalue weighted by molar-refractivity contribution is -0.123. The van der Waals surface area contributed by atoms with Crippen LogP contribution in [0.3, 0.4) is 0 Å². The van der Waals surface area contributed by atoms with Crippen molar-refractivity contribution >= 4 is 46.2 Å². The lowest BCUT2D eigenvalue weighted by atomic mass is 9.95. The number of hydrogen-bond acceptors (Lipinski definition) is 4. The standard InChI is InChI=1S/C30H29ClFN5O2S/c1-30(2,3)28(38)34-22-13-11-19(17-25(22)39-4)37-27(26(35-29(37)40)23-8-5-6-14-33-23)24-9-7-15-36(24)18-10-12-21(32)20(31)16-18/h5-17,26-27H,1-4H3,(H,34,38)(H,35,40). The molecule has 7 nitrogen and oxygen atoms in total. The molecule has 5 rings (SSSR count). The molecular weight excluding hydrogens is 549 g/mol. The third-order valence-electron chi connectivity index (χ3n) is 6.76. The summed E-state index contributed by atoms with van der Waals surface area (Å²) in [5.41, 5.74) is 3.15. The third-order valence-corrected chi connectivity index (χ3v) is 7.36. The van der Waals surface area contributed by atoms with Crippen LogP contribution in [0.4, 0.5) is 15.8 Å². The van der Waals surface area contributed by atoms with Crippen LogP contribution in [0.1, 0.15) is 44.2 Å². The molecule has 10 heteroatoms. The van der Waals surface area contributed by atoms with Crippen molar-refractivity contribution in [3.63, 3.8) is 0 Å². The summed E-state index contributed by atoms with van der Waals surface area (Å²) in [6, 6.07) is 19.2. The highest BCUT2D eigenvalue weighted by Gasteiger charge is 2.42. The molecule has 0 aliphatic carbocycles. The average molecular weight is 578 g/mol. The number of carbonyl (C=O) groups is 1. The maximum absolute atomic E-state index is 14.0. The summed E-state index contributed by atoms with van der Waals surface area (Å²) >= 11 is 12.0. The first-order valence-corrected chi connectivity index (χ1v) is 13.5. The van der Waals surface area contributed by atoms with Gasteiger partial charge in [-0.25, -0.2) is 4.39 Å². The maximum Gasteiger partial charge on any atom is 0.229 e. The first-order chi connectivity index (χ1) is 19.1. The number of halogens is 2. The molecule has 4 aromatic rings. The van der Waals surface area contributed by atoms with Gasteiger partial charge in [-0.3, -0.25) is 9.78 Å². The molecule has 2 aromatic carbocycles. The molecule has 1 amide bonds. The minimum absolute atomic E-state index is 0.0352. The van der Waals surface area contributed by atoms with Gasteiger partial charge < -0.3 is 24.8 Å². The molecule has 2 aromatic heterocycles. The first kappa shape index (κ1) is 27.6. The number of methoxy groups -OCH3 is 1. The number of aromatic nitrogens is 2. The van der Waals surface area contributed by atoms with Crippen LogP contribution >= 0.6 is 23.8 Å². The second-order valence-corrected chi connectivity index (χ2v) is 11.3. The number of anilines is 2. The highest BCUT2D eigenvalue weighted by Crippen LogP contribution is 2.44. The molecule has 2 unspecified atom stereocenters. The second kappa shape index (κ2) is 10.9. The number of pyridine rings is 1. The van der Waals surface area contributed by atoms with Gasteiger partial charge in [0.2, 0.25) is 5.91 Å². The predicted molar refractivity (Wildman–Crippen MR) is 160 cm³/mol. The van der Waals surface area contributed by atoms with Gasteiger partial charge in [0.25, 0.3) is 0 Å². The van der Waals surface area contributed by atoms with Crippen molar-refractivity contribution in [1.82, 2.24) is 14.9 Å². The molecule has 0 bridgehead atoms. The van der Waals surface area contributed by atoms with Crippen molar-refractivity contribution in [2.45, 2.75) is 32.9 Å². The highest BCUT2D eigenvalue weighted by atomic mass is 35.5. The normalized spacial score (nSPS) is 17.1. The number of ether oxygens (including phenoxy) is 1. The van der Waals surface area contributed by atoms with E-state index in [1.165, 1.54) is 6.07 Å². The Labute approximate surface area is 242 Å². The molecule has 2 atom stereocenters. The molecule has 2 N–H and O–H groups in total. The van der Waals surface area contributed by atoms with E-state index in [0.717, 1.165) is 17.1 Å². The van der Waals surface area contributed by atoms with Gasteiger partial charge in [0, 0.05) is 40.9 Å². The topological polar surface area (TPSA) is 71.4 Å². The molecule has 1 aliphatic heterocycles. The van der Waals surface area contributed by atoms with Gasteiger partial charge in [-0.15, -0.1) is 0 Å². The molecule has 40 heavy (non-hydrogen) atoms. The number of hydrogen-bond donors (Lipinski definition) is 2. The zero-order valence-corrected chi connectivity index (χ0v) is 24.1. The van der Waals surface area contributed by atoms with E-state index in [-0.39, 0.29) is 23.0 Å². The van der Waals surface area contributed by atoms with Gasteiger partial charge in [-0.2, -0.15) is 0 Å². The summed E-state index contributed by atoms with van der Waals surface area (Å²) in [7, 11) is 1.56. The van der Waals surface area contributed by atoms with E-state index in [9.17, 15) is 9.18 Å². The fourth-order valence-electron chi connectivity index (χ4n) is 4.68. The number of rotatable bonds is 6. The molecule has 3 heterocycles. The van der Waals surface area contributed by atoms with Gasteiger partial charge in [0.15, 0.2) is 5.11 Å². The van der Waals surface area contributed by atoms with Gasteiger partial charge in [-0.05, 0) is 66.8 Å². The summed E-state index contributed by atoms with van der Waals surface area (Å²) in [5, 5.41) is 6.94. The van der Waals surface area contributed by atoms with E-state index < -0.39 is 11.2 Å². The smallest absolute Gasteiger partial charge is 0.229 e. The van der Waals surface area contributed by atoms with E-state index >= 15 is 0 Å². The number of amides is 1. The van der Waals surface area contributed by atoms with E-state index in [0.29, 0.717) is 22.2 Å². The van der Waals surface area contributed by atoms with Crippen LogP contribution in [0.15, 0.2) is 79.1 Å². The molecule has 206 valence electrons. The molecule has 0 spiro atoms. The monoisotopic (exact) mass is 577 g/mol. The number of thiocarbonyl (C=S) groups is 1. The van der Waals surface area contributed by atoms with Crippen molar-refractivity contribution in [3.05, 3.63) is 101 Å². The van der Waals surface area contributed by atoms with Crippen molar-refractivity contribution in [3.8, 4) is 11.4 Å². The van der Waals surface area contributed by atoms with Crippen LogP contribution in [0.2, 0.25) is 5.02 Å². The zero-order valence-electron chi connectivity index (χ0n) is 22.5. The SMILES string of the molecule is COc1cc(N2C(=S)NC(c3ccccn3)C2c2cccn2-c2ccc(F)c(Cl)c2)ccc1NC(=O)C(C)(C)C. The van der Waals surface area contributed by atoms with Gasteiger partial charge in [0.1, 0.15) is 17.6 Å². The average Bonchev–Trinajstić information content (AvgIpc) is 3.54. The van der Waals surface area contributed by atoms with E-state index in [1.807, 2.05) is 85.0 Å². The Bertz CT molecular complexity index is 1570. The van der Waals surface area contributed by atoms with Crippen LogP contribution in [0.25, 0.3) is 5.69 Å². The summed E-state index contributed by atoms with van der Waals surface area (Å²) in [6.07, 6.45) is 3.65. The first-order valence-electron chi connectivity index (χ1n) is 12.7. The summed E-state index contributed by atoms with van der Waals surface area (Å²) in [6.45, 7) is 5.55. The van der Waals surface area contributed by atoms with Crippen LogP contribution in [0, 0.1) is 11.2 Å². The minimum atomic E-state index is -0.570.